The fourth-order valence-electron chi connectivity index (χ4n) is 0.142. The van der Waals surface area contributed by atoms with Gasteiger partial charge in [0.2, 0.25) is 17.2 Å². The topological polar surface area (TPSA) is 105 Å². The second-order valence-corrected chi connectivity index (χ2v) is 2.18. The van der Waals surface area contributed by atoms with E-state index in [-0.39, 0.29) is 6.61 Å². The minimum absolute atomic E-state index is 0.0139. The Morgan fingerprint density at radius 3 is 1.91 bits per heavy atom. The maximum atomic E-state index is 9.70. The van der Waals surface area contributed by atoms with E-state index in [1.165, 1.54) is 14.2 Å². The first-order chi connectivity index (χ1) is 5.04. The molecule has 0 fully saturated rings. The third kappa shape index (κ3) is 26.4. The molecule has 0 aromatic rings. The SMILES string of the molecule is COCC(N)=O.COS(N)=O. The van der Waals surface area contributed by atoms with Gasteiger partial charge in [0.25, 0.3) is 0 Å². The molecular weight excluding hydrogens is 172 g/mol. The lowest BCUT2D eigenvalue weighted by atomic mass is 10.7. The second-order valence-electron chi connectivity index (χ2n) is 1.33. The number of nitrogens with two attached hydrogens (primary N) is 2. The maximum absolute atomic E-state index is 9.70. The van der Waals surface area contributed by atoms with Crippen LogP contribution in [0.3, 0.4) is 0 Å². The van der Waals surface area contributed by atoms with Crippen LogP contribution in [0.25, 0.3) is 0 Å². The number of carbonyl (C=O) groups excluding carboxylic acids is 1. The van der Waals surface area contributed by atoms with Crippen molar-refractivity contribution < 1.29 is 17.9 Å². The van der Waals surface area contributed by atoms with Crippen LogP contribution in [0.1, 0.15) is 0 Å². The third-order valence-electron chi connectivity index (χ3n) is 0.451. The Morgan fingerprint density at radius 2 is 1.91 bits per heavy atom. The summed E-state index contributed by atoms with van der Waals surface area (Å²) in [5.41, 5.74) is 4.64. The van der Waals surface area contributed by atoms with Crippen LogP contribution in [0.4, 0.5) is 0 Å². The second kappa shape index (κ2) is 9.50. The minimum Gasteiger partial charge on any atom is -0.375 e. The lowest BCUT2D eigenvalue weighted by molar-refractivity contribution is -0.121. The lowest BCUT2D eigenvalue weighted by Gasteiger charge is -1.85. The number of hydrogen-bond acceptors (Lipinski definition) is 4. The Labute approximate surface area is 67.6 Å². The Bertz CT molecular complexity index is 129. The fourth-order valence-corrected chi connectivity index (χ4v) is 0.142. The van der Waals surface area contributed by atoms with Crippen LogP contribution in [0.2, 0.25) is 0 Å². The molecule has 68 valence electrons. The van der Waals surface area contributed by atoms with E-state index in [4.69, 9.17) is 0 Å². The van der Waals surface area contributed by atoms with E-state index in [0.29, 0.717) is 0 Å². The quantitative estimate of drug-likeness (QED) is 0.544. The first-order valence-corrected chi connectivity index (χ1v) is 3.66. The summed E-state index contributed by atoms with van der Waals surface area (Å²) in [6, 6.07) is 0. The predicted molar refractivity (Wildman–Crippen MR) is 40.4 cm³/mol. The van der Waals surface area contributed by atoms with Gasteiger partial charge in [-0.05, 0) is 0 Å². The van der Waals surface area contributed by atoms with Crippen molar-refractivity contribution in [3.05, 3.63) is 0 Å². The molecule has 7 heteroatoms. The van der Waals surface area contributed by atoms with Crippen molar-refractivity contribution in [2.45, 2.75) is 0 Å². The van der Waals surface area contributed by atoms with Gasteiger partial charge < -0.3 is 10.5 Å². The normalized spacial score (nSPS) is 11.2. The van der Waals surface area contributed by atoms with Crippen molar-refractivity contribution in [2.24, 2.45) is 10.9 Å². The minimum atomic E-state index is -1.57. The van der Waals surface area contributed by atoms with Gasteiger partial charge in [-0.2, -0.15) is 0 Å². The average Bonchev–Trinajstić information content (AvgIpc) is 1.89. The number of amides is 1. The summed E-state index contributed by atoms with van der Waals surface area (Å²) in [6.45, 7) is 0.0139. The molecular formula is C4H12N2O4S. The molecule has 0 spiro atoms. The predicted octanol–water partition coefficient (Wildman–Crippen LogP) is -1.71. The highest BCUT2D eigenvalue weighted by Gasteiger charge is 1.84. The molecule has 0 saturated heterocycles. The van der Waals surface area contributed by atoms with Crippen LogP contribution in [-0.2, 0) is 25.0 Å². The van der Waals surface area contributed by atoms with Gasteiger partial charge in [0.1, 0.15) is 6.61 Å². The van der Waals surface area contributed by atoms with E-state index in [1.54, 1.807) is 0 Å². The number of hydrogen-bond donors (Lipinski definition) is 2. The van der Waals surface area contributed by atoms with Gasteiger partial charge >= 0.3 is 0 Å². The van der Waals surface area contributed by atoms with Crippen LogP contribution in [0.15, 0.2) is 0 Å². The van der Waals surface area contributed by atoms with Gasteiger partial charge in [-0.25, -0.2) is 9.35 Å². The summed E-state index contributed by atoms with van der Waals surface area (Å²) < 4.78 is 17.8. The summed E-state index contributed by atoms with van der Waals surface area (Å²) in [5.74, 6) is -0.433. The van der Waals surface area contributed by atoms with Crippen molar-refractivity contribution >= 4 is 17.2 Å². The van der Waals surface area contributed by atoms with Crippen molar-refractivity contribution in [3.8, 4) is 0 Å². The summed E-state index contributed by atoms with van der Waals surface area (Å²) in [5, 5.41) is 4.54. The average molecular weight is 184 g/mol. The zero-order chi connectivity index (χ0) is 9.28. The zero-order valence-electron chi connectivity index (χ0n) is 6.40. The largest absolute Gasteiger partial charge is 0.375 e. The number of carbonyl (C=O) groups is 1. The first kappa shape index (κ1) is 13.1. The molecule has 0 bridgehead atoms. The van der Waals surface area contributed by atoms with Crippen LogP contribution >= 0.6 is 0 Å². The molecule has 0 aromatic heterocycles. The number of ether oxygens (including phenoxy) is 1. The van der Waals surface area contributed by atoms with Crippen molar-refractivity contribution in [1.82, 2.24) is 0 Å². The lowest BCUT2D eigenvalue weighted by Crippen LogP contribution is -2.16. The summed E-state index contributed by atoms with van der Waals surface area (Å²) in [6.07, 6.45) is 0. The maximum Gasteiger partial charge on any atom is 0.243 e. The van der Waals surface area contributed by atoms with Crippen molar-refractivity contribution in [1.29, 1.82) is 0 Å². The zero-order valence-corrected chi connectivity index (χ0v) is 7.22. The van der Waals surface area contributed by atoms with E-state index in [0.717, 1.165) is 0 Å². The van der Waals surface area contributed by atoms with Crippen LogP contribution in [0.5, 0.6) is 0 Å². The van der Waals surface area contributed by atoms with Crippen molar-refractivity contribution in [2.75, 3.05) is 20.8 Å². The number of rotatable bonds is 3. The van der Waals surface area contributed by atoms with Crippen LogP contribution in [0, 0.1) is 0 Å². The molecule has 0 heterocycles. The highest BCUT2D eigenvalue weighted by molar-refractivity contribution is 7.77. The Kier molecular flexibility index (Phi) is 11.3. The Hall–Kier alpha value is -0.500. The van der Waals surface area contributed by atoms with E-state index >= 15 is 0 Å². The Morgan fingerprint density at radius 1 is 1.55 bits per heavy atom. The summed E-state index contributed by atoms with van der Waals surface area (Å²) >= 11 is -1.57. The van der Waals surface area contributed by atoms with Gasteiger partial charge in [-0.3, -0.25) is 8.98 Å². The molecule has 0 aliphatic heterocycles. The summed E-state index contributed by atoms with van der Waals surface area (Å²) in [7, 11) is 2.70. The smallest absolute Gasteiger partial charge is 0.243 e. The molecule has 4 N–H and O–H groups in total. The molecule has 0 aliphatic rings. The molecule has 1 amide bonds. The van der Waals surface area contributed by atoms with Gasteiger partial charge in [-0.15, -0.1) is 0 Å². The first-order valence-electron chi connectivity index (χ1n) is 2.52. The standard InChI is InChI=1S/C3H7NO2.CH5NO2S/c1-6-2-3(4)5;1-4-5(2)3/h2H2,1H3,(H2,4,5);2H2,1H3. The third-order valence-corrected chi connectivity index (χ3v) is 0.779. The van der Waals surface area contributed by atoms with Crippen LogP contribution < -0.4 is 10.9 Å². The van der Waals surface area contributed by atoms with E-state index in [2.05, 4.69) is 19.8 Å². The fraction of sp³-hybridized carbons (Fsp3) is 0.750. The molecule has 0 rings (SSSR count). The molecule has 0 saturated carbocycles. The van der Waals surface area contributed by atoms with Crippen molar-refractivity contribution in [3.63, 3.8) is 0 Å². The van der Waals surface area contributed by atoms with Gasteiger partial charge in [0, 0.05) is 7.11 Å². The molecule has 1 atom stereocenters. The van der Waals surface area contributed by atoms with Gasteiger partial charge in [0.15, 0.2) is 0 Å². The molecule has 1 unspecified atom stereocenters. The highest BCUT2D eigenvalue weighted by atomic mass is 32.2. The molecule has 0 aromatic carbocycles. The summed E-state index contributed by atoms with van der Waals surface area (Å²) in [4.78, 5) is 9.70. The molecule has 0 aliphatic carbocycles. The number of methoxy groups -OCH3 is 1. The molecule has 6 nitrogen and oxygen atoms in total. The molecule has 11 heavy (non-hydrogen) atoms. The molecule has 0 radical (unpaired) electrons. The van der Waals surface area contributed by atoms with E-state index in [9.17, 15) is 9.00 Å². The Balaban J connectivity index is 0. The number of primary amides is 1. The highest BCUT2D eigenvalue weighted by Crippen LogP contribution is 1.58. The van der Waals surface area contributed by atoms with Crippen LogP contribution in [-0.4, -0.2) is 30.9 Å². The van der Waals surface area contributed by atoms with Gasteiger partial charge in [0.05, 0.1) is 7.11 Å². The van der Waals surface area contributed by atoms with E-state index < -0.39 is 17.2 Å². The van der Waals surface area contributed by atoms with E-state index in [1.807, 2.05) is 0 Å². The monoisotopic (exact) mass is 184 g/mol. The van der Waals surface area contributed by atoms with Gasteiger partial charge in [-0.1, -0.05) is 0 Å².